The van der Waals surface area contributed by atoms with Gasteiger partial charge in [-0.05, 0) is 20.8 Å². The topological polar surface area (TPSA) is 51.2 Å². The number of amides is 1. The van der Waals surface area contributed by atoms with Crippen molar-refractivity contribution in [3.63, 3.8) is 0 Å². The molecule has 0 fully saturated rings. The highest BCUT2D eigenvalue weighted by Gasteiger charge is 2.13. The molecule has 0 bridgehead atoms. The van der Waals surface area contributed by atoms with E-state index >= 15 is 0 Å². The van der Waals surface area contributed by atoms with Gasteiger partial charge in [0.15, 0.2) is 5.13 Å². The predicted octanol–water partition coefficient (Wildman–Crippen LogP) is 1.82. The summed E-state index contributed by atoms with van der Waals surface area (Å²) in [5.41, 5.74) is 0. The van der Waals surface area contributed by atoms with E-state index in [9.17, 15) is 4.79 Å². The van der Waals surface area contributed by atoms with Crippen molar-refractivity contribution < 1.29 is 9.53 Å². The van der Waals surface area contributed by atoms with Crippen LogP contribution in [-0.2, 0) is 9.53 Å². The van der Waals surface area contributed by atoms with Gasteiger partial charge >= 0.3 is 0 Å². The van der Waals surface area contributed by atoms with Gasteiger partial charge in [0.2, 0.25) is 0 Å². The molecule has 1 aromatic rings. The number of anilines is 1. The lowest BCUT2D eigenvalue weighted by atomic mass is 10.4. The Morgan fingerprint density at radius 3 is 3.00 bits per heavy atom. The Labute approximate surface area is 87.3 Å². The predicted molar refractivity (Wildman–Crippen MR) is 56.6 cm³/mol. The molecular formula is C9H14N2O2S. The maximum absolute atomic E-state index is 11.4. The van der Waals surface area contributed by atoms with Gasteiger partial charge in [0, 0.05) is 17.7 Å². The summed E-state index contributed by atoms with van der Waals surface area (Å²) in [7, 11) is 0. The van der Waals surface area contributed by atoms with Crippen LogP contribution in [0.5, 0.6) is 0 Å². The van der Waals surface area contributed by atoms with Crippen molar-refractivity contribution in [3.8, 4) is 0 Å². The molecule has 1 atom stereocenters. The molecule has 0 aliphatic heterocycles. The Balaban J connectivity index is 2.48. The fourth-order valence-electron chi connectivity index (χ4n) is 0.945. The van der Waals surface area contributed by atoms with Crippen molar-refractivity contribution in [2.45, 2.75) is 26.9 Å². The van der Waals surface area contributed by atoms with E-state index in [2.05, 4.69) is 10.3 Å². The number of nitrogens with zero attached hydrogens (tertiary/aromatic N) is 1. The number of aryl methyl sites for hydroxylation is 1. The first-order chi connectivity index (χ1) is 6.63. The van der Waals surface area contributed by atoms with Gasteiger partial charge in [0.05, 0.1) is 0 Å². The van der Waals surface area contributed by atoms with Gasteiger partial charge in [0.1, 0.15) is 6.10 Å². The van der Waals surface area contributed by atoms with Crippen LogP contribution in [0.2, 0.25) is 0 Å². The van der Waals surface area contributed by atoms with Crippen LogP contribution in [0.3, 0.4) is 0 Å². The molecular weight excluding hydrogens is 200 g/mol. The van der Waals surface area contributed by atoms with Crippen LogP contribution in [0.1, 0.15) is 18.7 Å². The first-order valence-electron chi connectivity index (χ1n) is 4.48. The maximum Gasteiger partial charge on any atom is 0.254 e. The fourth-order valence-corrected chi connectivity index (χ4v) is 1.61. The molecule has 1 rings (SSSR count). The molecule has 0 unspecified atom stereocenters. The van der Waals surface area contributed by atoms with Crippen LogP contribution in [-0.4, -0.2) is 23.6 Å². The zero-order valence-corrected chi connectivity index (χ0v) is 9.35. The summed E-state index contributed by atoms with van der Waals surface area (Å²) < 4.78 is 5.15. The third-order valence-electron chi connectivity index (χ3n) is 1.64. The summed E-state index contributed by atoms with van der Waals surface area (Å²) in [5, 5.41) is 3.31. The van der Waals surface area contributed by atoms with Crippen LogP contribution in [0.15, 0.2) is 6.20 Å². The Kier molecular flexibility index (Phi) is 4.03. The molecule has 14 heavy (non-hydrogen) atoms. The number of carbonyl (C=O) groups is 1. The van der Waals surface area contributed by atoms with E-state index < -0.39 is 6.10 Å². The second kappa shape index (κ2) is 5.07. The smallest absolute Gasteiger partial charge is 0.254 e. The molecule has 0 saturated heterocycles. The average Bonchev–Trinajstić information content (AvgIpc) is 2.51. The number of thiazole rings is 1. The molecule has 0 radical (unpaired) electrons. The Morgan fingerprint density at radius 2 is 2.50 bits per heavy atom. The number of rotatable bonds is 4. The van der Waals surface area contributed by atoms with Crippen LogP contribution in [0.25, 0.3) is 0 Å². The van der Waals surface area contributed by atoms with E-state index in [1.165, 1.54) is 11.3 Å². The minimum Gasteiger partial charge on any atom is -0.369 e. The number of hydrogen-bond donors (Lipinski definition) is 1. The zero-order chi connectivity index (χ0) is 10.6. The zero-order valence-electron chi connectivity index (χ0n) is 8.53. The second-order valence-corrected chi connectivity index (χ2v) is 4.10. The molecule has 1 amide bonds. The third kappa shape index (κ3) is 3.08. The molecule has 1 N–H and O–H groups in total. The van der Waals surface area contributed by atoms with Gasteiger partial charge in [-0.25, -0.2) is 4.98 Å². The molecule has 0 aliphatic rings. The SMILES string of the molecule is CCO[C@@H](C)C(=O)Nc1ncc(C)s1. The van der Waals surface area contributed by atoms with Crippen molar-refractivity contribution in [2.24, 2.45) is 0 Å². The van der Waals surface area contributed by atoms with Crippen molar-refractivity contribution in [1.82, 2.24) is 4.98 Å². The molecule has 1 aromatic heterocycles. The number of hydrogen-bond acceptors (Lipinski definition) is 4. The number of aromatic nitrogens is 1. The normalized spacial score (nSPS) is 12.5. The lowest BCUT2D eigenvalue weighted by Crippen LogP contribution is -2.27. The largest absolute Gasteiger partial charge is 0.369 e. The Morgan fingerprint density at radius 1 is 1.79 bits per heavy atom. The van der Waals surface area contributed by atoms with Crippen molar-refractivity contribution in [1.29, 1.82) is 0 Å². The van der Waals surface area contributed by atoms with Gasteiger partial charge in [-0.1, -0.05) is 0 Å². The fraction of sp³-hybridized carbons (Fsp3) is 0.556. The Bertz CT molecular complexity index is 312. The number of carbonyl (C=O) groups excluding carboxylic acids is 1. The third-order valence-corrected chi connectivity index (χ3v) is 2.47. The summed E-state index contributed by atoms with van der Waals surface area (Å²) in [6, 6.07) is 0. The van der Waals surface area contributed by atoms with Gasteiger partial charge < -0.3 is 4.74 Å². The van der Waals surface area contributed by atoms with Crippen LogP contribution in [0, 0.1) is 6.92 Å². The van der Waals surface area contributed by atoms with E-state index in [0.29, 0.717) is 11.7 Å². The second-order valence-electron chi connectivity index (χ2n) is 2.86. The first-order valence-corrected chi connectivity index (χ1v) is 5.30. The molecule has 1 heterocycles. The standard InChI is InChI=1S/C9H14N2O2S/c1-4-13-7(3)8(12)11-9-10-5-6(2)14-9/h5,7H,4H2,1-3H3,(H,10,11,12)/t7-/m0/s1. The van der Waals surface area contributed by atoms with Gasteiger partial charge in [0.25, 0.3) is 5.91 Å². The quantitative estimate of drug-likeness (QED) is 0.831. The lowest BCUT2D eigenvalue weighted by Gasteiger charge is -2.09. The van der Waals surface area contributed by atoms with Crippen LogP contribution in [0.4, 0.5) is 5.13 Å². The molecule has 0 aromatic carbocycles. The average molecular weight is 214 g/mol. The minimum absolute atomic E-state index is 0.152. The molecule has 0 aliphatic carbocycles. The monoisotopic (exact) mass is 214 g/mol. The molecule has 5 heteroatoms. The Hall–Kier alpha value is -0.940. The molecule has 78 valence electrons. The first kappa shape index (κ1) is 11.1. The van der Waals surface area contributed by atoms with Gasteiger partial charge in [-0.3, -0.25) is 10.1 Å². The van der Waals surface area contributed by atoms with E-state index in [-0.39, 0.29) is 5.91 Å². The van der Waals surface area contributed by atoms with Crippen molar-refractivity contribution in [2.75, 3.05) is 11.9 Å². The van der Waals surface area contributed by atoms with Crippen LogP contribution < -0.4 is 5.32 Å². The summed E-state index contributed by atoms with van der Waals surface area (Å²) in [4.78, 5) is 16.5. The lowest BCUT2D eigenvalue weighted by molar-refractivity contribution is -0.126. The summed E-state index contributed by atoms with van der Waals surface area (Å²) in [6.45, 7) is 6.06. The molecule has 4 nitrogen and oxygen atoms in total. The van der Waals surface area contributed by atoms with Gasteiger partial charge in [-0.15, -0.1) is 11.3 Å². The highest BCUT2D eigenvalue weighted by atomic mass is 32.1. The van der Waals surface area contributed by atoms with Crippen molar-refractivity contribution in [3.05, 3.63) is 11.1 Å². The number of ether oxygens (including phenoxy) is 1. The summed E-state index contributed by atoms with van der Waals surface area (Å²) >= 11 is 1.45. The van der Waals surface area contributed by atoms with Crippen molar-refractivity contribution >= 4 is 22.4 Å². The van der Waals surface area contributed by atoms with E-state index in [1.807, 2.05) is 13.8 Å². The maximum atomic E-state index is 11.4. The van der Waals surface area contributed by atoms with E-state index in [4.69, 9.17) is 4.74 Å². The van der Waals surface area contributed by atoms with E-state index in [1.54, 1.807) is 13.1 Å². The highest BCUT2D eigenvalue weighted by molar-refractivity contribution is 7.15. The molecule has 0 spiro atoms. The van der Waals surface area contributed by atoms with Gasteiger partial charge in [-0.2, -0.15) is 0 Å². The highest BCUT2D eigenvalue weighted by Crippen LogP contribution is 2.16. The summed E-state index contributed by atoms with van der Waals surface area (Å²) in [5.74, 6) is -0.152. The van der Waals surface area contributed by atoms with E-state index in [0.717, 1.165) is 4.88 Å². The molecule has 0 saturated carbocycles. The summed E-state index contributed by atoms with van der Waals surface area (Å²) in [6.07, 6.45) is 1.30. The minimum atomic E-state index is -0.427. The number of nitrogens with one attached hydrogen (secondary N) is 1. The van der Waals surface area contributed by atoms with Crippen LogP contribution >= 0.6 is 11.3 Å².